The van der Waals surface area contributed by atoms with Gasteiger partial charge in [-0.2, -0.15) is 5.10 Å². The topological polar surface area (TPSA) is 85.2 Å². The number of likely N-dealkylation sites (tertiary alicyclic amines) is 1. The van der Waals surface area contributed by atoms with Crippen LogP contribution in [0, 0.1) is 6.92 Å². The molecule has 0 aliphatic carbocycles. The molecule has 0 amide bonds. The molecule has 1 fully saturated rings. The molecule has 2 aliphatic heterocycles. The van der Waals surface area contributed by atoms with Crippen LogP contribution in [-0.2, 0) is 24.3 Å². The molecule has 0 saturated carbocycles. The van der Waals surface area contributed by atoms with Crippen LogP contribution in [0.1, 0.15) is 36.2 Å². The first-order valence-electron chi connectivity index (χ1n) is 10.1. The van der Waals surface area contributed by atoms with Crippen LogP contribution in [-0.4, -0.2) is 56.9 Å². The van der Waals surface area contributed by atoms with E-state index in [4.69, 9.17) is 4.74 Å². The lowest BCUT2D eigenvalue weighted by molar-refractivity contribution is 0.109. The Kier molecular flexibility index (Phi) is 5.97. The van der Waals surface area contributed by atoms with Gasteiger partial charge in [0.15, 0.2) is 0 Å². The third-order valence-corrected chi connectivity index (χ3v) is 5.62. The number of hydrogen-bond donors (Lipinski definition) is 1. The normalized spacial score (nSPS) is 20.0. The molecule has 0 bridgehead atoms. The molecule has 1 unspecified atom stereocenters. The van der Waals surface area contributed by atoms with Crippen LogP contribution in [0.4, 0.5) is 5.82 Å². The number of nitrogens with zero attached hydrogens (tertiary/aromatic N) is 5. The maximum absolute atomic E-state index is 12.0. The van der Waals surface area contributed by atoms with E-state index in [2.05, 4.69) is 25.3 Å². The highest BCUT2D eigenvalue weighted by Gasteiger charge is 2.23. The van der Waals surface area contributed by atoms with Crippen LogP contribution >= 0.6 is 0 Å². The van der Waals surface area contributed by atoms with Crippen molar-refractivity contribution in [2.24, 2.45) is 0 Å². The number of piperidine rings is 1. The average Bonchev–Trinajstić information content (AvgIpc) is 2.73. The maximum Gasteiger partial charge on any atom is 0.266 e. The molecule has 2 aliphatic rings. The van der Waals surface area contributed by atoms with E-state index in [1.165, 1.54) is 12.8 Å². The number of ether oxygens (including phenoxy) is 1. The van der Waals surface area contributed by atoms with Crippen LogP contribution in [0.2, 0.25) is 0 Å². The minimum Gasteiger partial charge on any atom is -0.376 e. The Bertz CT molecular complexity index is 868. The molecule has 4 rings (SSSR count). The molecule has 1 atom stereocenters. The number of anilines is 1. The molecule has 2 aromatic heterocycles. The van der Waals surface area contributed by atoms with Gasteiger partial charge in [-0.25, -0.2) is 14.6 Å². The number of fused-ring (bicyclic) bond motifs is 1. The SMILES string of the molecule is Cc1ccc(=O)n(CCN2CCCCC2CNc2ncnc3c2COCC3)n1. The van der Waals surface area contributed by atoms with E-state index in [9.17, 15) is 4.79 Å². The Balaban J connectivity index is 1.39. The summed E-state index contributed by atoms with van der Waals surface area (Å²) >= 11 is 0. The quantitative estimate of drug-likeness (QED) is 0.805. The van der Waals surface area contributed by atoms with E-state index < -0.39 is 0 Å². The first kappa shape index (κ1) is 19.0. The molecule has 0 spiro atoms. The van der Waals surface area contributed by atoms with Gasteiger partial charge in [-0.1, -0.05) is 6.42 Å². The van der Waals surface area contributed by atoms with E-state index >= 15 is 0 Å². The molecular weight excluding hydrogens is 356 g/mol. The zero-order chi connectivity index (χ0) is 19.3. The lowest BCUT2D eigenvalue weighted by atomic mass is 10.0. The van der Waals surface area contributed by atoms with E-state index in [-0.39, 0.29) is 5.56 Å². The summed E-state index contributed by atoms with van der Waals surface area (Å²) in [6, 6.07) is 3.78. The molecular formula is C20H28N6O2. The van der Waals surface area contributed by atoms with Gasteiger partial charge in [-0.15, -0.1) is 0 Å². The van der Waals surface area contributed by atoms with Gasteiger partial charge >= 0.3 is 0 Å². The number of aryl methyl sites for hydroxylation is 1. The van der Waals surface area contributed by atoms with Crippen molar-refractivity contribution < 1.29 is 4.74 Å². The second-order valence-electron chi connectivity index (χ2n) is 7.55. The fraction of sp³-hybridized carbons (Fsp3) is 0.600. The molecule has 0 radical (unpaired) electrons. The molecule has 4 heterocycles. The van der Waals surface area contributed by atoms with E-state index in [0.717, 1.165) is 61.9 Å². The predicted molar refractivity (Wildman–Crippen MR) is 106 cm³/mol. The highest BCUT2D eigenvalue weighted by atomic mass is 16.5. The van der Waals surface area contributed by atoms with Crippen LogP contribution in [0.3, 0.4) is 0 Å². The molecule has 8 nitrogen and oxygen atoms in total. The standard InChI is InChI=1S/C20H28N6O2/c1-15-5-6-19(27)26(24-15)10-9-25-8-3-2-4-16(25)12-21-20-17-13-28-11-7-18(17)22-14-23-20/h5-6,14,16H,2-4,7-13H2,1H3,(H,21,22,23). The summed E-state index contributed by atoms with van der Waals surface area (Å²) in [5.74, 6) is 0.895. The van der Waals surface area contributed by atoms with Gasteiger partial charge in [-0.05, 0) is 32.4 Å². The van der Waals surface area contributed by atoms with Crippen molar-refractivity contribution in [3.8, 4) is 0 Å². The lowest BCUT2D eigenvalue weighted by Gasteiger charge is -2.36. The van der Waals surface area contributed by atoms with Crippen molar-refractivity contribution in [3.05, 3.63) is 45.8 Å². The third-order valence-electron chi connectivity index (χ3n) is 5.62. The van der Waals surface area contributed by atoms with Crippen LogP contribution in [0.5, 0.6) is 0 Å². The van der Waals surface area contributed by atoms with Gasteiger partial charge in [-0.3, -0.25) is 9.69 Å². The zero-order valence-corrected chi connectivity index (χ0v) is 16.4. The number of aromatic nitrogens is 4. The zero-order valence-electron chi connectivity index (χ0n) is 16.4. The Morgan fingerprint density at radius 3 is 3.11 bits per heavy atom. The first-order chi connectivity index (χ1) is 13.7. The fourth-order valence-corrected chi connectivity index (χ4v) is 4.05. The molecule has 28 heavy (non-hydrogen) atoms. The minimum atomic E-state index is -0.0371. The highest BCUT2D eigenvalue weighted by molar-refractivity contribution is 5.46. The van der Waals surface area contributed by atoms with Crippen molar-refractivity contribution in [3.63, 3.8) is 0 Å². The van der Waals surface area contributed by atoms with Gasteiger partial charge in [0, 0.05) is 37.2 Å². The molecule has 150 valence electrons. The molecule has 0 aromatic carbocycles. The maximum atomic E-state index is 12.0. The van der Waals surface area contributed by atoms with Gasteiger partial charge in [0.05, 0.1) is 31.1 Å². The Labute approximate surface area is 164 Å². The number of hydrogen-bond acceptors (Lipinski definition) is 7. The van der Waals surface area contributed by atoms with Crippen LogP contribution in [0.15, 0.2) is 23.3 Å². The largest absolute Gasteiger partial charge is 0.376 e. The Hall–Kier alpha value is -2.32. The Morgan fingerprint density at radius 1 is 1.25 bits per heavy atom. The molecule has 1 saturated heterocycles. The monoisotopic (exact) mass is 384 g/mol. The third kappa shape index (κ3) is 4.39. The number of rotatable bonds is 6. The van der Waals surface area contributed by atoms with Crippen molar-refractivity contribution in [1.29, 1.82) is 0 Å². The highest BCUT2D eigenvalue weighted by Crippen LogP contribution is 2.22. The van der Waals surface area contributed by atoms with Crippen molar-refractivity contribution >= 4 is 5.82 Å². The summed E-state index contributed by atoms with van der Waals surface area (Å²) in [6.45, 7) is 6.55. The second-order valence-corrected chi connectivity index (χ2v) is 7.55. The molecule has 2 aromatic rings. The van der Waals surface area contributed by atoms with E-state index in [1.54, 1.807) is 23.1 Å². The summed E-state index contributed by atoms with van der Waals surface area (Å²) in [4.78, 5) is 23.3. The van der Waals surface area contributed by atoms with E-state index in [0.29, 0.717) is 19.2 Å². The van der Waals surface area contributed by atoms with Crippen molar-refractivity contribution in [2.45, 2.75) is 51.8 Å². The first-order valence-corrected chi connectivity index (χ1v) is 10.1. The smallest absolute Gasteiger partial charge is 0.266 e. The van der Waals surface area contributed by atoms with Crippen molar-refractivity contribution in [1.82, 2.24) is 24.6 Å². The van der Waals surface area contributed by atoms with Gasteiger partial charge in [0.25, 0.3) is 5.56 Å². The average molecular weight is 384 g/mol. The minimum absolute atomic E-state index is 0.0371. The summed E-state index contributed by atoms with van der Waals surface area (Å²) in [5.41, 5.74) is 3.01. The van der Waals surface area contributed by atoms with Crippen LogP contribution < -0.4 is 10.9 Å². The Morgan fingerprint density at radius 2 is 2.18 bits per heavy atom. The fourth-order valence-electron chi connectivity index (χ4n) is 4.05. The van der Waals surface area contributed by atoms with Crippen LogP contribution in [0.25, 0.3) is 0 Å². The van der Waals surface area contributed by atoms with Gasteiger partial charge in [0.1, 0.15) is 12.1 Å². The second kappa shape index (κ2) is 8.79. The summed E-state index contributed by atoms with van der Waals surface area (Å²) in [6.07, 6.45) is 6.06. The van der Waals surface area contributed by atoms with Gasteiger partial charge < -0.3 is 10.1 Å². The summed E-state index contributed by atoms with van der Waals surface area (Å²) in [7, 11) is 0. The molecule has 1 N–H and O–H groups in total. The summed E-state index contributed by atoms with van der Waals surface area (Å²) in [5, 5.41) is 7.89. The van der Waals surface area contributed by atoms with Gasteiger partial charge in [0.2, 0.25) is 0 Å². The van der Waals surface area contributed by atoms with E-state index in [1.807, 2.05) is 6.92 Å². The summed E-state index contributed by atoms with van der Waals surface area (Å²) < 4.78 is 7.16. The molecule has 8 heteroatoms. The lowest BCUT2D eigenvalue weighted by Crippen LogP contribution is -2.45. The predicted octanol–water partition coefficient (Wildman–Crippen LogP) is 1.38. The number of nitrogens with one attached hydrogen (secondary N) is 1. The van der Waals surface area contributed by atoms with Crippen molar-refractivity contribution in [2.75, 3.05) is 31.6 Å².